The number of halogens is 5. The van der Waals surface area contributed by atoms with Gasteiger partial charge in [0.15, 0.2) is 11.4 Å². The highest BCUT2D eigenvalue weighted by atomic mass is 35.5. The lowest BCUT2D eigenvalue weighted by atomic mass is 10.2. The van der Waals surface area contributed by atoms with Crippen LogP contribution in [0, 0.1) is 5.82 Å². The van der Waals surface area contributed by atoms with Crippen molar-refractivity contribution in [1.82, 2.24) is 9.13 Å². The highest BCUT2D eigenvalue weighted by Gasteiger charge is 2.35. The second-order valence-corrected chi connectivity index (χ2v) is 5.30. The minimum absolute atomic E-state index is 0.0308. The number of alkyl halides is 3. The molecule has 3 rings (SSSR count). The second-order valence-electron chi connectivity index (χ2n) is 4.89. The van der Waals surface area contributed by atoms with Gasteiger partial charge in [-0.25, -0.2) is 13.8 Å². The Labute approximate surface area is 135 Å². The number of hydrogen-bond acceptors (Lipinski definition) is 3. The van der Waals surface area contributed by atoms with Gasteiger partial charge >= 0.3 is 11.9 Å². The van der Waals surface area contributed by atoms with Crippen LogP contribution in [0.25, 0.3) is 16.7 Å². The Morgan fingerprint density at radius 3 is 2.50 bits per heavy atom. The number of hydrogen-bond donors (Lipinski definition) is 0. The molecule has 126 valence electrons. The zero-order chi connectivity index (χ0) is 17.8. The van der Waals surface area contributed by atoms with Crippen molar-refractivity contribution in [2.45, 2.75) is 6.18 Å². The van der Waals surface area contributed by atoms with Crippen molar-refractivity contribution in [2.24, 2.45) is 7.05 Å². The first-order valence-electron chi connectivity index (χ1n) is 6.38. The minimum atomic E-state index is -4.91. The van der Waals surface area contributed by atoms with Gasteiger partial charge in [0, 0.05) is 18.5 Å². The molecular formula is C14H7ClF4N2O3. The minimum Gasteiger partial charge on any atom is -0.462 e. The van der Waals surface area contributed by atoms with Crippen LogP contribution in [-0.2, 0) is 13.2 Å². The Morgan fingerprint density at radius 2 is 1.88 bits per heavy atom. The number of furan rings is 1. The molecule has 0 unspecified atom stereocenters. The van der Waals surface area contributed by atoms with Gasteiger partial charge in [0.2, 0.25) is 0 Å². The number of aromatic nitrogens is 2. The maximum atomic E-state index is 14.3. The second kappa shape index (κ2) is 5.23. The monoisotopic (exact) mass is 362 g/mol. The van der Waals surface area contributed by atoms with E-state index in [0.717, 1.165) is 19.4 Å². The molecule has 24 heavy (non-hydrogen) atoms. The molecular weight excluding hydrogens is 356 g/mol. The summed E-state index contributed by atoms with van der Waals surface area (Å²) < 4.78 is 58.4. The summed E-state index contributed by atoms with van der Waals surface area (Å²) in [6, 6.07) is 2.43. The molecule has 0 aliphatic rings. The molecule has 0 atom stereocenters. The molecule has 2 heterocycles. The van der Waals surface area contributed by atoms with E-state index in [2.05, 4.69) is 0 Å². The highest BCUT2D eigenvalue weighted by Crippen LogP contribution is 2.32. The van der Waals surface area contributed by atoms with Crippen LogP contribution >= 0.6 is 11.6 Å². The molecule has 5 nitrogen and oxygen atoms in total. The Balaban J connectivity index is 2.46. The van der Waals surface area contributed by atoms with Crippen LogP contribution in [0.1, 0.15) is 5.69 Å². The van der Waals surface area contributed by atoms with Crippen LogP contribution in [0.5, 0.6) is 0 Å². The SMILES string of the molecule is Cn1c(C(F)(F)F)cc(=O)n(-c2c(F)cc(Cl)c3ccoc23)c1=O. The van der Waals surface area contributed by atoms with Crippen molar-refractivity contribution in [3.63, 3.8) is 0 Å². The molecule has 0 bridgehead atoms. The predicted molar refractivity (Wildman–Crippen MR) is 77.0 cm³/mol. The third-order valence-electron chi connectivity index (χ3n) is 3.45. The third kappa shape index (κ3) is 2.32. The van der Waals surface area contributed by atoms with Crippen molar-refractivity contribution in [1.29, 1.82) is 0 Å². The molecule has 0 saturated carbocycles. The fraction of sp³-hybridized carbons (Fsp3) is 0.143. The third-order valence-corrected chi connectivity index (χ3v) is 3.76. The summed E-state index contributed by atoms with van der Waals surface area (Å²) in [6.07, 6.45) is -3.76. The summed E-state index contributed by atoms with van der Waals surface area (Å²) in [4.78, 5) is 24.3. The van der Waals surface area contributed by atoms with Crippen molar-refractivity contribution in [2.75, 3.05) is 0 Å². The number of rotatable bonds is 1. The predicted octanol–water partition coefficient (Wildman–Crippen LogP) is 3.09. The van der Waals surface area contributed by atoms with Gasteiger partial charge in [-0.15, -0.1) is 0 Å². The largest absolute Gasteiger partial charge is 0.462 e. The van der Waals surface area contributed by atoms with Crippen LogP contribution in [0.15, 0.2) is 38.5 Å². The van der Waals surface area contributed by atoms with Crippen LogP contribution < -0.4 is 11.2 Å². The quantitative estimate of drug-likeness (QED) is 0.625. The summed E-state index contributed by atoms with van der Waals surface area (Å²) in [5.41, 5.74) is -4.98. The van der Waals surface area contributed by atoms with E-state index < -0.39 is 34.6 Å². The van der Waals surface area contributed by atoms with Crippen molar-refractivity contribution in [3.05, 3.63) is 61.8 Å². The number of nitrogens with zero attached hydrogens (tertiary/aromatic N) is 2. The van der Waals surface area contributed by atoms with Crippen LogP contribution in [0.3, 0.4) is 0 Å². The molecule has 0 aliphatic heterocycles. The van der Waals surface area contributed by atoms with Gasteiger partial charge in [0.1, 0.15) is 11.4 Å². The van der Waals surface area contributed by atoms with Crippen molar-refractivity contribution >= 4 is 22.6 Å². The molecule has 0 saturated heterocycles. The van der Waals surface area contributed by atoms with Crippen LogP contribution in [0.4, 0.5) is 17.6 Å². The fourth-order valence-corrected chi connectivity index (χ4v) is 2.60. The van der Waals surface area contributed by atoms with E-state index >= 15 is 0 Å². The zero-order valence-corrected chi connectivity index (χ0v) is 12.6. The smallest absolute Gasteiger partial charge is 0.431 e. The molecule has 2 aromatic heterocycles. The first kappa shape index (κ1) is 16.3. The average molecular weight is 363 g/mol. The first-order valence-corrected chi connectivity index (χ1v) is 6.76. The highest BCUT2D eigenvalue weighted by molar-refractivity contribution is 6.35. The van der Waals surface area contributed by atoms with Crippen LogP contribution in [-0.4, -0.2) is 9.13 Å². The van der Waals surface area contributed by atoms with E-state index in [-0.39, 0.29) is 31.2 Å². The van der Waals surface area contributed by atoms with Gasteiger partial charge in [-0.3, -0.25) is 9.36 Å². The Morgan fingerprint density at radius 1 is 1.21 bits per heavy atom. The Hall–Kier alpha value is -2.55. The standard InChI is InChI=1S/C14H7ClF4N2O3/c1-20-9(14(17,18)19)5-10(22)21(13(20)23)11-8(16)4-7(15)6-2-3-24-12(6)11/h2-5H,1H3. The van der Waals surface area contributed by atoms with Crippen LogP contribution in [0.2, 0.25) is 5.02 Å². The summed E-state index contributed by atoms with van der Waals surface area (Å²) >= 11 is 5.84. The summed E-state index contributed by atoms with van der Waals surface area (Å²) in [5, 5.41) is 0.179. The van der Waals surface area contributed by atoms with E-state index in [1.165, 1.54) is 6.07 Å². The van der Waals surface area contributed by atoms with Gasteiger partial charge in [0.25, 0.3) is 5.56 Å². The lowest BCUT2D eigenvalue weighted by Gasteiger charge is -2.14. The molecule has 0 fully saturated rings. The molecule has 1 aromatic carbocycles. The van der Waals surface area contributed by atoms with E-state index in [1.807, 2.05) is 0 Å². The number of benzene rings is 1. The Kier molecular flexibility index (Phi) is 3.56. The van der Waals surface area contributed by atoms with Gasteiger partial charge in [0.05, 0.1) is 11.3 Å². The molecule has 0 spiro atoms. The Bertz CT molecular complexity index is 1080. The van der Waals surface area contributed by atoms with E-state index in [9.17, 15) is 27.2 Å². The molecule has 0 radical (unpaired) electrons. The summed E-state index contributed by atoms with van der Waals surface area (Å²) in [5.74, 6) is -1.08. The van der Waals surface area contributed by atoms with E-state index in [1.54, 1.807) is 0 Å². The first-order chi connectivity index (χ1) is 11.1. The molecule has 0 N–H and O–H groups in total. The lowest BCUT2D eigenvalue weighted by Crippen LogP contribution is -2.41. The number of fused-ring (bicyclic) bond motifs is 1. The lowest BCUT2D eigenvalue weighted by molar-refractivity contribution is -0.144. The summed E-state index contributed by atoms with van der Waals surface area (Å²) in [6.45, 7) is 0. The zero-order valence-electron chi connectivity index (χ0n) is 11.8. The maximum Gasteiger partial charge on any atom is 0.431 e. The topological polar surface area (TPSA) is 57.1 Å². The van der Waals surface area contributed by atoms with E-state index in [4.69, 9.17) is 16.0 Å². The normalized spacial score (nSPS) is 12.1. The van der Waals surface area contributed by atoms with Gasteiger partial charge < -0.3 is 4.42 Å². The van der Waals surface area contributed by atoms with Crippen molar-refractivity contribution in [3.8, 4) is 5.69 Å². The molecule has 0 aliphatic carbocycles. The van der Waals surface area contributed by atoms with Crippen molar-refractivity contribution < 1.29 is 22.0 Å². The fourth-order valence-electron chi connectivity index (χ4n) is 2.36. The molecule has 3 aromatic rings. The van der Waals surface area contributed by atoms with Gasteiger partial charge in [-0.2, -0.15) is 13.2 Å². The maximum absolute atomic E-state index is 14.3. The molecule has 10 heteroatoms. The average Bonchev–Trinajstić information content (AvgIpc) is 2.94. The molecule has 0 amide bonds. The van der Waals surface area contributed by atoms with Gasteiger partial charge in [-0.1, -0.05) is 11.6 Å². The van der Waals surface area contributed by atoms with E-state index in [0.29, 0.717) is 0 Å². The summed E-state index contributed by atoms with van der Waals surface area (Å²) in [7, 11) is 0.828. The van der Waals surface area contributed by atoms with Gasteiger partial charge in [-0.05, 0) is 12.1 Å².